The fourth-order valence-corrected chi connectivity index (χ4v) is 1.62. The first kappa shape index (κ1) is 10.1. The van der Waals surface area contributed by atoms with Crippen LogP contribution in [0.3, 0.4) is 0 Å². The number of hydrogen-bond donors (Lipinski definition) is 1. The molecule has 0 radical (unpaired) electrons. The molecule has 0 aliphatic rings. The van der Waals surface area contributed by atoms with Gasteiger partial charge in [-0.25, -0.2) is 0 Å². The number of rotatable bonds is 3. The Bertz CT molecular complexity index is 449. The van der Waals surface area contributed by atoms with Gasteiger partial charge in [0.2, 0.25) is 0 Å². The Balaban J connectivity index is 2.23. The van der Waals surface area contributed by atoms with Gasteiger partial charge in [0.15, 0.2) is 0 Å². The SMILES string of the molecule is C[C@@H](N)CCc1ccc2ccccc2n1. The molecule has 0 aliphatic heterocycles. The third-order valence-electron chi connectivity index (χ3n) is 2.51. The molecule has 0 saturated heterocycles. The normalized spacial score (nSPS) is 12.9. The second-order valence-corrected chi connectivity index (χ2v) is 4.01. The van der Waals surface area contributed by atoms with Crippen LogP contribution in [0.25, 0.3) is 10.9 Å². The van der Waals surface area contributed by atoms with E-state index < -0.39 is 0 Å². The Morgan fingerprint density at radius 1 is 1.20 bits per heavy atom. The van der Waals surface area contributed by atoms with Crippen LogP contribution in [0.1, 0.15) is 19.0 Å². The molecule has 0 saturated carbocycles. The van der Waals surface area contributed by atoms with Crippen LogP contribution in [0.5, 0.6) is 0 Å². The molecule has 15 heavy (non-hydrogen) atoms. The smallest absolute Gasteiger partial charge is 0.0705 e. The maximum atomic E-state index is 5.73. The lowest BCUT2D eigenvalue weighted by molar-refractivity contribution is 0.659. The molecule has 2 nitrogen and oxygen atoms in total. The number of aryl methyl sites for hydroxylation is 1. The Morgan fingerprint density at radius 3 is 2.80 bits per heavy atom. The summed E-state index contributed by atoms with van der Waals surface area (Å²) in [7, 11) is 0. The number of benzene rings is 1. The van der Waals surface area contributed by atoms with Gasteiger partial charge in [-0.3, -0.25) is 4.98 Å². The lowest BCUT2D eigenvalue weighted by Gasteiger charge is -2.05. The van der Waals surface area contributed by atoms with Crippen molar-refractivity contribution in [3.8, 4) is 0 Å². The maximum Gasteiger partial charge on any atom is 0.0705 e. The van der Waals surface area contributed by atoms with Gasteiger partial charge in [-0.05, 0) is 31.9 Å². The Labute approximate surface area is 90.1 Å². The monoisotopic (exact) mass is 200 g/mol. The zero-order valence-corrected chi connectivity index (χ0v) is 8.98. The first-order valence-electron chi connectivity index (χ1n) is 5.36. The van der Waals surface area contributed by atoms with Crippen molar-refractivity contribution in [1.29, 1.82) is 0 Å². The molecule has 1 aromatic carbocycles. The van der Waals surface area contributed by atoms with E-state index in [4.69, 9.17) is 5.73 Å². The minimum absolute atomic E-state index is 0.248. The lowest BCUT2D eigenvalue weighted by Crippen LogP contribution is -2.15. The summed E-state index contributed by atoms with van der Waals surface area (Å²) >= 11 is 0. The van der Waals surface area contributed by atoms with E-state index in [1.165, 1.54) is 5.39 Å². The van der Waals surface area contributed by atoms with Gasteiger partial charge in [0.05, 0.1) is 5.52 Å². The van der Waals surface area contributed by atoms with Crippen molar-refractivity contribution < 1.29 is 0 Å². The van der Waals surface area contributed by atoms with Gasteiger partial charge in [-0.15, -0.1) is 0 Å². The third-order valence-corrected chi connectivity index (χ3v) is 2.51. The zero-order valence-electron chi connectivity index (χ0n) is 8.98. The van der Waals surface area contributed by atoms with Gasteiger partial charge in [0.1, 0.15) is 0 Å². The molecule has 2 N–H and O–H groups in total. The standard InChI is InChI=1S/C13H16N2/c1-10(14)6-8-12-9-7-11-4-2-3-5-13(11)15-12/h2-5,7,9-10H,6,8,14H2,1H3/t10-/m1/s1. The van der Waals surface area contributed by atoms with Crippen LogP contribution in [-0.2, 0) is 6.42 Å². The summed E-state index contributed by atoms with van der Waals surface area (Å²) in [5.41, 5.74) is 7.92. The fourth-order valence-electron chi connectivity index (χ4n) is 1.62. The molecule has 0 amide bonds. The third kappa shape index (κ3) is 2.54. The zero-order chi connectivity index (χ0) is 10.7. The van der Waals surface area contributed by atoms with E-state index in [1.54, 1.807) is 0 Å². The highest BCUT2D eigenvalue weighted by Gasteiger charge is 1.99. The van der Waals surface area contributed by atoms with Crippen LogP contribution in [0.15, 0.2) is 36.4 Å². The van der Waals surface area contributed by atoms with Crippen LogP contribution >= 0.6 is 0 Å². The van der Waals surface area contributed by atoms with Gasteiger partial charge in [-0.1, -0.05) is 24.3 Å². The van der Waals surface area contributed by atoms with Crippen LogP contribution in [-0.4, -0.2) is 11.0 Å². The summed E-state index contributed by atoms with van der Waals surface area (Å²) in [6.45, 7) is 2.03. The number of pyridine rings is 1. The van der Waals surface area contributed by atoms with Crippen LogP contribution < -0.4 is 5.73 Å². The highest BCUT2D eigenvalue weighted by atomic mass is 14.7. The Morgan fingerprint density at radius 2 is 2.00 bits per heavy atom. The van der Waals surface area contributed by atoms with Crippen molar-refractivity contribution in [3.63, 3.8) is 0 Å². The summed E-state index contributed by atoms with van der Waals surface area (Å²) in [5, 5.41) is 1.20. The highest BCUT2D eigenvalue weighted by Crippen LogP contribution is 2.12. The summed E-state index contributed by atoms with van der Waals surface area (Å²) < 4.78 is 0. The van der Waals surface area contributed by atoms with Gasteiger partial charge in [-0.2, -0.15) is 0 Å². The van der Waals surface area contributed by atoms with E-state index >= 15 is 0 Å². The van der Waals surface area contributed by atoms with Gasteiger partial charge in [0.25, 0.3) is 0 Å². The largest absolute Gasteiger partial charge is 0.328 e. The second-order valence-electron chi connectivity index (χ2n) is 4.01. The van der Waals surface area contributed by atoms with Gasteiger partial charge < -0.3 is 5.73 Å². The van der Waals surface area contributed by atoms with Crippen molar-refractivity contribution in [1.82, 2.24) is 4.98 Å². The van der Waals surface area contributed by atoms with Gasteiger partial charge >= 0.3 is 0 Å². The van der Waals surface area contributed by atoms with Crippen molar-refractivity contribution in [2.24, 2.45) is 5.73 Å². The molecule has 0 aliphatic carbocycles. The van der Waals surface area contributed by atoms with Crippen LogP contribution in [0.4, 0.5) is 0 Å². The molecule has 2 rings (SSSR count). The van der Waals surface area contributed by atoms with E-state index in [2.05, 4.69) is 23.2 Å². The summed E-state index contributed by atoms with van der Waals surface area (Å²) in [4.78, 5) is 4.59. The van der Waals surface area contributed by atoms with E-state index in [1.807, 2.05) is 25.1 Å². The molecule has 0 fully saturated rings. The van der Waals surface area contributed by atoms with E-state index in [-0.39, 0.29) is 6.04 Å². The van der Waals surface area contributed by atoms with Gasteiger partial charge in [0, 0.05) is 17.1 Å². The Hall–Kier alpha value is -1.41. The molecule has 1 heterocycles. The number of para-hydroxylation sites is 1. The average Bonchev–Trinajstić information content (AvgIpc) is 2.26. The van der Waals surface area contributed by atoms with Crippen molar-refractivity contribution in [2.45, 2.75) is 25.8 Å². The fraction of sp³-hybridized carbons (Fsp3) is 0.308. The molecule has 0 spiro atoms. The first-order valence-corrected chi connectivity index (χ1v) is 5.36. The molecule has 1 atom stereocenters. The predicted molar refractivity (Wildman–Crippen MR) is 63.7 cm³/mol. The van der Waals surface area contributed by atoms with E-state index in [0.29, 0.717) is 0 Å². The molecule has 0 bridgehead atoms. The van der Waals surface area contributed by atoms with Crippen LogP contribution in [0, 0.1) is 0 Å². The number of nitrogens with zero attached hydrogens (tertiary/aromatic N) is 1. The molecule has 1 aromatic heterocycles. The van der Waals surface area contributed by atoms with Crippen molar-refractivity contribution >= 4 is 10.9 Å². The number of nitrogens with two attached hydrogens (primary N) is 1. The first-order chi connectivity index (χ1) is 7.25. The van der Waals surface area contributed by atoms with E-state index in [9.17, 15) is 0 Å². The number of hydrogen-bond acceptors (Lipinski definition) is 2. The molecular formula is C13H16N2. The second kappa shape index (κ2) is 4.41. The van der Waals surface area contributed by atoms with Crippen LogP contribution in [0.2, 0.25) is 0 Å². The maximum absolute atomic E-state index is 5.73. The average molecular weight is 200 g/mol. The minimum atomic E-state index is 0.248. The van der Waals surface area contributed by atoms with Crippen molar-refractivity contribution in [2.75, 3.05) is 0 Å². The molecular weight excluding hydrogens is 184 g/mol. The minimum Gasteiger partial charge on any atom is -0.328 e. The molecule has 2 heteroatoms. The summed E-state index contributed by atoms with van der Waals surface area (Å²) in [6.07, 6.45) is 1.95. The number of aromatic nitrogens is 1. The Kier molecular flexibility index (Phi) is 2.97. The highest BCUT2D eigenvalue weighted by molar-refractivity contribution is 5.78. The molecule has 2 aromatic rings. The van der Waals surface area contributed by atoms with E-state index in [0.717, 1.165) is 24.1 Å². The predicted octanol–water partition coefficient (Wildman–Crippen LogP) is 2.51. The lowest BCUT2D eigenvalue weighted by atomic mass is 10.1. The summed E-state index contributed by atoms with van der Waals surface area (Å²) in [6, 6.07) is 12.6. The molecule has 78 valence electrons. The molecule has 0 unspecified atom stereocenters. The quantitative estimate of drug-likeness (QED) is 0.826. The summed E-state index contributed by atoms with van der Waals surface area (Å²) in [5.74, 6) is 0. The topological polar surface area (TPSA) is 38.9 Å². The number of fused-ring (bicyclic) bond motifs is 1. The van der Waals surface area contributed by atoms with Crippen molar-refractivity contribution in [3.05, 3.63) is 42.1 Å².